The fourth-order valence-corrected chi connectivity index (χ4v) is 5.36. The predicted molar refractivity (Wildman–Crippen MR) is 130 cm³/mol. The number of likely N-dealkylation sites (N-methyl/N-ethyl adjacent to an activating group) is 1. The van der Waals surface area contributed by atoms with Crippen LogP contribution in [0.2, 0.25) is 5.02 Å². The molecule has 0 aliphatic heterocycles. The molecular weight excluding hydrogens is 518 g/mol. The smallest absolute Gasteiger partial charge is 0.274 e. The first kappa shape index (κ1) is 24.6. The topological polar surface area (TPSA) is 82.2 Å². The Kier molecular flexibility index (Phi) is 7.92. The highest BCUT2D eigenvalue weighted by atomic mass is 79.9. The van der Waals surface area contributed by atoms with Gasteiger partial charge in [0.25, 0.3) is 5.91 Å². The maximum absolute atomic E-state index is 13.0. The lowest BCUT2D eigenvalue weighted by atomic mass is 10.2. The largest absolute Gasteiger partial charge is 0.378 e. The van der Waals surface area contributed by atoms with Gasteiger partial charge in [-0.2, -0.15) is 10.2 Å². The molecule has 0 aliphatic carbocycles. The number of carbonyl (C=O) groups is 1. The lowest BCUT2D eigenvalue weighted by molar-refractivity contribution is 0.0693. The molecule has 172 valence electrons. The highest BCUT2D eigenvalue weighted by Crippen LogP contribution is 2.32. The third-order valence-electron chi connectivity index (χ3n) is 4.97. The number of benzene rings is 1. The molecule has 2 heterocycles. The normalized spacial score (nSPS) is 13.3. The van der Waals surface area contributed by atoms with Crippen molar-refractivity contribution >= 4 is 61.2 Å². The second-order valence-corrected chi connectivity index (χ2v) is 10.5. The van der Waals surface area contributed by atoms with Crippen LogP contribution in [-0.2, 0) is 29.6 Å². The number of aromatic nitrogens is 4. The number of nitrogens with zero attached hydrogens (tertiary/aromatic N) is 5. The average Bonchev–Trinajstić information content (AvgIpc) is 3.28. The number of fused-ring (bicyclic) bond motifs is 1. The van der Waals surface area contributed by atoms with E-state index >= 15 is 0 Å². The summed E-state index contributed by atoms with van der Waals surface area (Å²) < 4.78 is 22.6. The Hall–Kier alpha value is -2.01. The van der Waals surface area contributed by atoms with Gasteiger partial charge in [-0.25, -0.2) is 0 Å². The van der Waals surface area contributed by atoms with Crippen molar-refractivity contribution in [3.63, 3.8) is 0 Å². The molecule has 0 fully saturated rings. The van der Waals surface area contributed by atoms with Crippen molar-refractivity contribution in [3.8, 4) is 0 Å². The molecule has 0 saturated heterocycles. The molecule has 0 radical (unpaired) electrons. The van der Waals surface area contributed by atoms with E-state index in [2.05, 4.69) is 32.7 Å². The van der Waals surface area contributed by atoms with Gasteiger partial charge in [-0.15, -0.1) is 0 Å². The van der Waals surface area contributed by atoms with Crippen LogP contribution in [0.25, 0.3) is 17.0 Å². The molecule has 1 amide bonds. The quantitative estimate of drug-likeness (QED) is 0.386. The number of amides is 1. The molecule has 3 rings (SSSR count). The number of carbonyl (C=O) groups excluding carboxylic acids is 1. The Labute approximate surface area is 202 Å². The van der Waals surface area contributed by atoms with Crippen LogP contribution in [0.4, 0.5) is 0 Å². The van der Waals surface area contributed by atoms with E-state index in [0.717, 1.165) is 10.9 Å². The molecule has 8 nitrogen and oxygen atoms in total. The van der Waals surface area contributed by atoms with Crippen molar-refractivity contribution in [2.75, 3.05) is 26.8 Å². The SMILES string of the molecule is C=Cc1cn(C)nc1C(=O)N(C)CCOCC(C)S(=O)c1cc(Cl)c2c(c1)c(Br)nn2C. The zero-order chi connectivity index (χ0) is 23.6. The van der Waals surface area contributed by atoms with Gasteiger partial charge in [-0.3, -0.25) is 18.4 Å². The zero-order valence-electron chi connectivity index (χ0n) is 18.3. The van der Waals surface area contributed by atoms with Gasteiger partial charge in [0.1, 0.15) is 4.60 Å². The highest BCUT2D eigenvalue weighted by molar-refractivity contribution is 9.10. The second-order valence-electron chi connectivity index (χ2n) is 7.44. The van der Waals surface area contributed by atoms with Gasteiger partial charge in [0.05, 0.1) is 39.8 Å². The van der Waals surface area contributed by atoms with Crippen LogP contribution < -0.4 is 0 Å². The third kappa shape index (κ3) is 5.14. The van der Waals surface area contributed by atoms with Crippen LogP contribution in [0.5, 0.6) is 0 Å². The maximum atomic E-state index is 13.0. The van der Waals surface area contributed by atoms with Crippen LogP contribution in [0, 0.1) is 0 Å². The number of rotatable bonds is 9. The Morgan fingerprint density at radius 1 is 1.41 bits per heavy atom. The molecule has 1 aromatic carbocycles. The fourth-order valence-electron chi connectivity index (χ4n) is 3.26. The summed E-state index contributed by atoms with van der Waals surface area (Å²) >= 11 is 9.82. The molecule has 2 atom stereocenters. The molecule has 32 heavy (non-hydrogen) atoms. The van der Waals surface area contributed by atoms with Gasteiger partial charge >= 0.3 is 0 Å². The number of hydrogen-bond donors (Lipinski definition) is 0. The first-order chi connectivity index (χ1) is 15.1. The van der Waals surface area contributed by atoms with E-state index in [4.69, 9.17) is 16.3 Å². The van der Waals surface area contributed by atoms with Gasteiger partial charge in [-0.1, -0.05) is 24.3 Å². The van der Waals surface area contributed by atoms with Crippen molar-refractivity contribution in [1.82, 2.24) is 24.5 Å². The van der Waals surface area contributed by atoms with Crippen LogP contribution >= 0.6 is 27.5 Å². The van der Waals surface area contributed by atoms with E-state index in [1.54, 1.807) is 53.7 Å². The predicted octanol–water partition coefficient (Wildman–Crippen LogP) is 3.65. The van der Waals surface area contributed by atoms with E-state index < -0.39 is 10.8 Å². The molecular formula is C21H25BrClN5O3S. The molecule has 0 bridgehead atoms. The minimum Gasteiger partial charge on any atom is -0.378 e. The molecule has 3 aromatic rings. The summed E-state index contributed by atoms with van der Waals surface area (Å²) in [5.74, 6) is -0.203. The molecule has 0 N–H and O–H groups in total. The lowest BCUT2D eigenvalue weighted by Gasteiger charge is -2.18. The number of hydrogen-bond acceptors (Lipinski definition) is 5. The molecule has 2 unspecified atom stereocenters. The van der Waals surface area contributed by atoms with Gasteiger partial charge in [0.15, 0.2) is 5.69 Å². The van der Waals surface area contributed by atoms with E-state index in [1.165, 1.54) is 0 Å². The van der Waals surface area contributed by atoms with Crippen LogP contribution in [0.3, 0.4) is 0 Å². The van der Waals surface area contributed by atoms with Gasteiger partial charge < -0.3 is 9.64 Å². The summed E-state index contributed by atoms with van der Waals surface area (Å²) in [6.07, 6.45) is 3.35. The Bertz CT molecular complexity index is 1190. The number of aryl methyl sites for hydroxylation is 2. The van der Waals surface area contributed by atoms with Crippen molar-refractivity contribution in [2.24, 2.45) is 14.1 Å². The number of ether oxygens (including phenoxy) is 1. The van der Waals surface area contributed by atoms with E-state index in [-0.39, 0.29) is 17.8 Å². The summed E-state index contributed by atoms with van der Waals surface area (Å²) in [4.78, 5) is 14.8. The van der Waals surface area contributed by atoms with Crippen LogP contribution in [-0.4, -0.2) is 66.6 Å². The monoisotopic (exact) mass is 541 g/mol. The van der Waals surface area contributed by atoms with Gasteiger partial charge in [0, 0.05) is 49.7 Å². The third-order valence-corrected chi connectivity index (χ3v) is 7.41. The van der Waals surface area contributed by atoms with Crippen LogP contribution in [0.15, 0.2) is 34.4 Å². The van der Waals surface area contributed by atoms with E-state index in [1.807, 2.05) is 13.0 Å². The Balaban J connectivity index is 1.55. The van der Waals surface area contributed by atoms with Crippen molar-refractivity contribution < 1.29 is 13.7 Å². The maximum Gasteiger partial charge on any atom is 0.274 e. The zero-order valence-corrected chi connectivity index (χ0v) is 21.5. The first-order valence-corrected chi connectivity index (χ1v) is 12.2. The molecule has 0 aliphatic rings. The standard InChI is InChI=1S/C21H25BrClN5O3S/c1-6-14-11-27(4)24-18(14)21(29)26(3)7-8-31-12-13(2)32(30)15-9-16-19(17(23)10-15)28(5)25-20(16)22/h6,9-11,13H,1,7-8,12H2,2-5H3. The summed E-state index contributed by atoms with van der Waals surface area (Å²) in [6, 6.07) is 3.54. The first-order valence-electron chi connectivity index (χ1n) is 9.85. The Morgan fingerprint density at radius 2 is 2.12 bits per heavy atom. The van der Waals surface area contributed by atoms with Gasteiger partial charge in [-0.05, 0) is 35.0 Å². The minimum atomic E-state index is -1.32. The Morgan fingerprint density at radius 3 is 2.81 bits per heavy atom. The summed E-state index contributed by atoms with van der Waals surface area (Å²) in [5.41, 5.74) is 1.82. The molecule has 2 aromatic heterocycles. The average molecular weight is 543 g/mol. The van der Waals surface area contributed by atoms with Crippen molar-refractivity contribution in [1.29, 1.82) is 0 Å². The second kappa shape index (κ2) is 10.3. The number of halogens is 2. The molecule has 0 saturated carbocycles. The highest BCUT2D eigenvalue weighted by Gasteiger charge is 2.20. The molecule has 0 spiro atoms. The van der Waals surface area contributed by atoms with Gasteiger partial charge in [0.2, 0.25) is 0 Å². The summed E-state index contributed by atoms with van der Waals surface area (Å²) in [7, 11) is 3.93. The fraction of sp³-hybridized carbons (Fsp3) is 0.381. The van der Waals surface area contributed by atoms with Crippen molar-refractivity contribution in [3.05, 3.63) is 45.8 Å². The van der Waals surface area contributed by atoms with E-state index in [0.29, 0.717) is 38.9 Å². The lowest BCUT2D eigenvalue weighted by Crippen LogP contribution is -2.31. The molecule has 11 heteroatoms. The van der Waals surface area contributed by atoms with E-state index in [9.17, 15) is 9.00 Å². The van der Waals surface area contributed by atoms with Crippen LogP contribution in [0.1, 0.15) is 23.0 Å². The minimum absolute atomic E-state index is 0.203. The summed E-state index contributed by atoms with van der Waals surface area (Å²) in [5, 5.41) is 9.55. The summed E-state index contributed by atoms with van der Waals surface area (Å²) in [6.45, 7) is 6.54. The van der Waals surface area contributed by atoms with Crippen molar-refractivity contribution in [2.45, 2.75) is 17.1 Å².